The van der Waals surface area contributed by atoms with E-state index < -0.39 is 11.0 Å². The molecule has 0 saturated heterocycles. The molecule has 2 heteroatoms. The minimum Gasteiger partial charge on any atom is -0.381 e. The molecule has 0 saturated carbocycles. The van der Waals surface area contributed by atoms with Crippen LogP contribution in [0.1, 0.15) is 41.0 Å². The third kappa shape index (κ3) is 2.58. The van der Waals surface area contributed by atoms with Crippen LogP contribution in [0.3, 0.4) is 0 Å². The fourth-order valence-corrected chi connectivity index (χ4v) is 2.21. The average Bonchev–Trinajstić information content (AvgIpc) is 2.22. The van der Waals surface area contributed by atoms with Crippen LogP contribution in [0.2, 0.25) is 0 Å². The van der Waals surface area contributed by atoms with E-state index in [9.17, 15) is 9.90 Å². The van der Waals surface area contributed by atoms with E-state index >= 15 is 0 Å². The van der Waals surface area contributed by atoms with Crippen LogP contribution < -0.4 is 0 Å². The number of allylic oxidation sites excluding steroid dienone is 4. The van der Waals surface area contributed by atoms with E-state index in [2.05, 4.69) is 0 Å². The van der Waals surface area contributed by atoms with Gasteiger partial charge in [-0.05, 0) is 38.5 Å². The van der Waals surface area contributed by atoms with Gasteiger partial charge >= 0.3 is 0 Å². The van der Waals surface area contributed by atoms with Gasteiger partial charge in [0.25, 0.3) is 0 Å². The molecule has 1 aliphatic rings. The summed E-state index contributed by atoms with van der Waals surface area (Å²) in [6.45, 7) is 9.61. The van der Waals surface area contributed by atoms with Gasteiger partial charge in [0.15, 0.2) is 5.78 Å². The molecule has 1 atom stereocenters. The Balaban J connectivity index is 3.19. The number of hydrogen-bond acceptors (Lipinski definition) is 2. The van der Waals surface area contributed by atoms with Gasteiger partial charge in [0, 0.05) is 11.8 Å². The van der Waals surface area contributed by atoms with Crippen molar-refractivity contribution in [1.29, 1.82) is 0 Å². The monoisotopic (exact) mass is 234 g/mol. The minimum absolute atomic E-state index is 0.0910. The summed E-state index contributed by atoms with van der Waals surface area (Å²) in [5.74, 6) is 0.0910. The number of carbonyl (C=O) groups excluding carboxylic acids is 1. The molecule has 94 valence electrons. The summed E-state index contributed by atoms with van der Waals surface area (Å²) >= 11 is 0. The SMILES string of the molecule is CC=C(C)C=C[C@]1(O)C(C)=CC(=O)CC1(C)C. The largest absolute Gasteiger partial charge is 0.381 e. The Bertz CT molecular complexity index is 411. The molecular formula is C15H22O2. The highest BCUT2D eigenvalue weighted by Gasteiger charge is 2.46. The van der Waals surface area contributed by atoms with E-state index in [1.807, 2.05) is 46.8 Å². The first-order valence-corrected chi connectivity index (χ1v) is 5.99. The third-order valence-corrected chi connectivity index (χ3v) is 3.67. The van der Waals surface area contributed by atoms with Crippen LogP contribution in [0.5, 0.6) is 0 Å². The standard InChI is InChI=1S/C15H22O2/c1-6-11(2)7-8-15(17)12(3)9-13(16)10-14(15,4)5/h6-9,17H,10H2,1-5H3/t15-/m0/s1. The highest BCUT2D eigenvalue weighted by molar-refractivity contribution is 5.92. The average molecular weight is 234 g/mol. The zero-order chi connectivity index (χ0) is 13.3. The first-order chi connectivity index (χ1) is 7.73. The van der Waals surface area contributed by atoms with E-state index in [-0.39, 0.29) is 5.78 Å². The molecular weight excluding hydrogens is 212 g/mol. The highest BCUT2D eigenvalue weighted by Crippen LogP contribution is 2.44. The van der Waals surface area contributed by atoms with Crippen molar-refractivity contribution in [3.8, 4) is 0 Å². The lowest BCUT2D eigenvalue weighted by Crippen LogP contribution is -2.48. The number of hydrogen-bond donors (Lipinski definition) is 1. The van der Waals surface area contributed by atoms with Crippen LogP contribution in [-0.2, 0) is 4.79 Å². The van der Waals surface area contributed by atoms with E-state index in [4.69, 9.17) is 0 Å². The van der Waals surface area contributed by atoms with Crippen molar-refractivity contribution < 1.29 is 9.90 Å². The van der Waals surface area contributed by atoms with Gasteiger partial charge in [-0.1, -0.05) is 31.6 Å². The maximum absolute atomic E-state index is 11.5. The zero-order valence-corrected chi connectivity index (χ0v) is 11.4. The van der Waals surface area contributed by atoms with Crippen LogP contribution in [0.4, 0.5) is 0 Å². The Morgan fingerprint density at radius 2 is 2.06 bits per heavy atom. The first kappa shape index (κ1) is 13.9. The van der Waals surface area contributed by atoms with E-state index in [1.165, 1.54) is 0 Å². The predicted octanol–water partition coefficient (Wildman–Crippen LogP) is 3.19. The summed E-state index contributed by atoms with van der Waals surface area (Å²) in [5.41, 5.74) is 0.316. The van der Waals surface area contributed by atoms with Crippen molar-refractivity contribution in [1.82, 2.24) is 0 Å². The number of rotatable bonds is 2. The van der Waals surface area contributed by atoms with E-state index in [1.54, 1.807) is 12.2 Å². The van der Waals surface area contributed by atoms with Gasteiger partial charge < -0.3 is 5.11 Å². The maximum atomic E-state index is 11.5. The quantitative estimate of drug-likeness (QED) is 0.745. The number of ketones is 1. The van der Waals surface area contributed by atoms with Gasteiger partial charge in [0.05, 0.1) is 0 Å². The molecule has 0 radical (unpaired) electrons. The normalized spacial score (nSPS) is 29.6. The molecule has 0 bridgehead atoms. The summed E-state index contributed by atoms with van der Waals surface area (Å²) in [7, 11) is 0. The fourth-order valence-electron chi connectivity index (χ4n) is 2.21. The van der Waals surface area contributed by atoms with Crippen molar-refractivity contribution in [2.24, 2.45) is 5.41 Å². The summed E-state index contributed by atoms with van der Waals surface area (Å²) in [6.07, 6.45) is 7.63. The molecule has 0 aromatic heterocycles. The van der Waals surface area contributed by atoms with Crippen LogP contribution in [0, 0.1) is 5.41 Å². The van der Waals surface area contributed by atoms with E-state index in [0.717, 1.165) is 11.1 Å². The van der Waals surface area contributed by atoms with Gasteiger partial charge in [0.2, 0.25) is 0 Å². The molecule has 0 aromatic carbocycles. The van der Waals surface area contributed by atoms with E-state index in [0.29, 0.717) is 6.42 Å². The molecule has 17 heavy (non-hydrogen) atoms. The molecule has 1 rings (SSSR count). The molecule has 0 unspecified atom stereocenters. The van der Waals surface area contributed by atoms with Gasteiger partial charge in [-0.2, -0.15) is 0 Å². The first-order valence-electron chi connectivity index (χ1n) is 5.99. The summed E-state index contributed by atoms with van der Waals surface area (Å²) < 4.78 is 0. The molecule has 1 aliphatic carbocycles. The lowest BCUT2D eigenvalue weighted by atomic mass is 9.64. The maximum Gasteiger partial charge on any atom is 0.156 e. The Labute approximate surface area is 104 Å². The molecule has 0 heterocycles. The summed E-state index contributed by atoms with van der Waals surface area (Å²) in [4.78, 5) is 11.5. The van der Waals surface area contributed by atoms with Crippen molar-refractivity contribution in [2.45, 2.75) is 46.6 Å². The second-order valence-corrected chi connectivity index (χ2v) is 5.49. The van der Waals surface area contributed by atoms with Gasteiger partial charge in [-0.15, -0.1) is 0 Å². The molecule has 0 spiro atoms. The summed E-state index contributed by atoms with van der Waals surface area (Å²) in [6, 6.07) is 0. The smallest absolute Gasteiger partial charge is 0.156 e. The minimum atomic E-state index is -1.04. The van der Waals surface area contributed by atoms with Crippen LogP contribution in [0.15, 0.2) is 35.5 Å². The Morgan fingerprint density at radius 3 is 2.53 bits per heavy atom. The lowest BCUT2D eigenvalue weighted by Gasteiger charge is -2.44. The van der Waals surface area contributed by atoms with Crippen molar-refractivity contribution >= 4 is 5.78 Å². The lowest BCUT2D eigenvalue weighted by molar-refractivity contribution is -0.121. The highest BCUT2D eigenvalue weighted by atomic mass is 16.3. The van der Waals surface area contributed by atoms with Crippen LogP contribution in [-0.4, -0.2) is 16.5 Å². The predicted molar refractivity (Wildman–Crippen MR) is 70.7 cm³/mol. The molecule has 2 nitrogen and oxygen atoms in total. The zero-order valence-electron chi connectivity index (χ0n) is 11.4. The topological polar surface area (TPSA) is 37.3 Å². The summed E-state index contributed by atoms with van der Waals surface area (Å²) in [5, 5.41) is 10.8. The van der Waals surface area contributed by atoms with Gasteiger partial charge in [0.1, 0.15) is 5.60 Å². The molecule has 0 fully saturated rings. The van der Waals surface area contributed by atoms with Gasteiger partial charge in [-0.3, -0.25) is 4.79 Å². The van der Waals surface area contributed by atoms with Crippen molar-refractivity contribution in [3.63, 3.8) is 0 Å². The molecule has 1 N–H and O–H groups in total. The second-order valence-electron chi connectivity index (χ2n) is 5.49. The fraction of sp³-hybridized carbons (Fsp3) is 0.533. The Morgan fingerprint density at radius 1 is 1.47 bits per heavy atom. The Hall–Kier alpha value is -1.15. The Kier molecular flexibility index (Phi) is 3.78. The van der Waals surface area contributed by atoms with Gasteiger partial charge in [-0.25, -0.2) is 0 Å². The number of aliphatic hydroxyl groups is 1. The van der Waals surface area contributed by atoms with Crippen LogP contribution in [0.25, 0.3) is 0 Å². The second kappa shape index (κ2) is 4.61. The molecule has 0 aromatic rings. The third-order valence-electron chi connectivity index (χ3n) is 3.67. The molecule has 0 amide bonds. The van der Waals surface area contributed by atoms with Crippen molar-refractivity contribution in [2.75, 3.05) is 0 Å². The van der Waals surface area contributed by atoms with Crippen LogP contribution >= 0.6 is 0 Å². The van der Waals surface area contributed by atoms with Crippen molar-refractivity contribution in [3.05, 3.63) is 35.5 Å². The molecule has 0 aliphatic heterocycles. The number of carbonyl (C=O) groups is 1.